The van der Waals surface area contributed by atoms with Gasteiger partial charge in [0.15, 0.2) is 6.61 Å². The van der Waals surface area contributed by atoms with E-state index in [4.69, 9.17) is 23.5 Å². The van der Waals surface area contributed by atoms with E-state index in [9.17, 15) is 19.2 Å². The average Bonchev–Trinajstić information content (AvgIpc) is 3.42. The molecule has 4 rings (SSSR count). The second kappa shape index (κ2) is 11.6. The fraction of sp³-hybridized carbons (Fsp3) is 0.400. The lowest BCUT2D eigenvalue weighted by molar-refractivity contribution is -0.173. The summed E-state index contributed by atoms with van der Waals surface area (Å²) in [5, 5.41) is 5.79. The number of para-hydroxylation sites is 1. The van der Waals surface area contributed by atoms with Crippen molar-refractivity contribution in [2.75, 3.05) is 25.8 Å². The normalized spacial score (nSPS) is 18.7. The highest BCUT2D eigenvalue weighted by molar-refractivity contribution is 8.00. The minimum absolute atomic E-state index is 0.0277. The molecule has 1 unspecified atom stereocenters. The van der Waals surface area contributed by atoms with Crippen LogP contribution < -0.4 is 14.8 Å². The third-order valence-corrected chi connectivity index (χ3v) is 6.81. The Kier molecular flexibility index (Phi) is 8.25. The molecule has 1 aromatic heterocycles. The fourth-order valence-corrected chi connectivity index (χ4v) is 4.85. The highest BCUT2D eigenvalue weighted by atomic mass is 32.2. The molecule has 3 heterocycles. The highest BCUT2D eigenvalue weighted by Crippen LogP contribution is 2.40. The first-order valence-corrected chi connectivity index (χ1v) is 12.7. The monoisotopic (exact) mass is 545 g/mol. The van der Waals surface area contributed by atoms with Gasteiger partial charge in [-0.15, -0.1) is 11.8 Å². The van der Waals surface area contributed by atoms with Crippen LogP contribution in [0.1, 0.15) is 20.8 Å². The fourth-order valence-electron chi connectivity index (χ4n) is 3.52. The Hall–Kier alpha value is -4.00. The topological polar surface area (TPSA) is 147 Å². The van der Waals surface area contributed by atoms with E-state index in [1.807, 2.05) is 6.07 Å². The Bertz CT molecular complexity index is 1210. The number of esters is 2. The molecule has 0 spiro atoms. The quantitative estimate of drug-likeness (QED) is 0.265. The van der Waals surface area contributed by atoms with Gasteiger partial charge in [0, 0.05) is 17.4 Å². The maximum atomic E-state index is 13.1. The minimum atomic E-state index is -0.860. The predicted octanol–water partition coefficient (Wildman–Crippen LogP) is 1.88. The Labute approximate surface area is 222 Å². The average molecular weight is 546 g/mol. The molecule has 2 aliphatic heterocycles. The molecule has 2 aliphatic rings. The lowest BCUT2D eigenvalue weighted by Gasteiger charge is -2.49. The molecule has 12 nitrogen and oxygen atoms in total. The molecule has 0 bridgehead atoms. The molecule has 0 aliphatic carbocycles. The number of rotatable bonds is 10. The summed E-state index contributed by atoms with van der Waals surface area (Å²) >= 11 is 1.35. The number of hydrogen-bond donors (Lipinski definition) is 1. The van der Waals surface area contributed by atoms with Gasteiger partial charge in [0.25, 0.3) is 17.7 Å². The van der Waals surface area contributed by atoms with Crippen LogP contribution >= 0.6 is 11.8 Å². The van der Waals surface area contributed by atoms with Gasteiger partial charge in [-0.2, -0.15) is 0 Å². The third kappa shape index (κ3) is 6.28. The maximum Gasteiger partial charge on any atom is 0.358 e. The summed E-state index contributed by atoms with van der Waals surface area (Å²) in [6.45, 7) is 4.04. The number of nitrogens with zero attached hydrogens (tertiary/aromatic N) is 2. The van der Waals surface area contributed by atoms with Crippen LogP contribution in [-0.2, 0) is 28.7 Å². The summed E-state index contributed by atoms with van der Waals surface area (Å²) in [5.41, 5.74) is -0.343. The van der Waals surface area contributed by atoms with Crippen LogP contribution in [0.25, 0.3) is 0 Å². The van der Waals surface area contributed by atoms with Crippen LogP contribution in [0.4, 0.5) is 0 Å². The molecule has 2 atom stereocenters. The summed E-state index contributed by atoms with van der Waals surface area (Å²) < 4.78 is 26.0. The van der Waals surface area contributed by atoms with Crippen molar-refractivity contribution in [2.45, 2.75) is 32.2 Å². The summed E-state index contributed by atoms with van der Waals surface area (Å²) in [5.74, 6) is -1.34. The zero-order valence-electron chi connectivity index (χ0n) is 21.0. The lowest BCUT2D eigenvalue weighted by atomic mass is 9.98. The molecular weight excluding hydrogens is 518 g/mol. The minimum Gasteiger partial charge on any atom is -0.484 e. The van der Waals surface area contributed by atoms with Gasteiger partial charge in [-0.1, -0.05) is 18.2 Å². The molecule has 1 saturated heterocycles. The largest absolute Gasteiger partial charge is 0.484 e. The van der Waals surface area contributed by atoms with E-state index in [1.54, 1.807) is 45.0 Å². The van der Waals surface area contributed by atoms with Gasteiger partial charge in [0.2, 0.25) is 6.79 Å². The molecule has 1 fully saturated rings. The van der Waals surface area contributed by atoms with E-state index < -0.39 is 47.4 Å². The second-order valence-corrected chi connectivity index (χ2v) is 10.5. The number of β-lactam (4-membered cyclic amide) rings is 1. The van der Waals surface area contributed by atoms with Crippen molar-refractivity contribution in [1.29, 1.82) is 0 Å². The van der Waals surface area contributed by atoms with E-state index in [-0.39, 0.29) is 24.8 Å². The second-order valence-electron chi connectivity index (χ2n) is 9.37. The number of thioether (sulfide) groups is 1. The van der Waals surface area contributed by atoms with Crippen LogP contribution in [0.2, 0.25) is 0 Å². The van der Waals surface area contributed by atoms with Gasteiger partial charge in [-0.25, -0.2) is 4.79 Å². The Morgan fingerprint density at radius 3 is 2.58 bits per heavy atom. The van der Waals surface area contributed by atoms with Crippen LogP contribution in [0.3, 0.4) is 0 Å². The molecule has 13 heteroatoms. The first-order valence-electron chi connectivity index (χ1n) is 11.7. The number of amides is 2. The van der Waals surface area contributed by atoms with Gasteiger partial charge in [-0.05, 0) is 38.1 Å². The van der Waals surface area contributed by atoms with Crippen molar-refractivity contribution in [3.8, 4) is 11.6 Å². The zero-order valence-corrected chi connectivity index (χ0v) is 21.8. The first kappa shape index (κ1) is 27.0. The van der Waals surface area contributed by atoms with E-state index in [1.165, 1.54) is 29.0 Å². The van der Waals surface area contributed by atoms with Crippen molar-refractivity contribution in [1.82, 2.24) is 15.4 Å². The Balaban J connectivity index is 1.42. The number of hydrogen-bond acceptors (Lipinski definition) is 11. The molecule has 1 aromatic carbocycles. The number of carbonyl (C=O) groups is 4. The number of aromatic nitrogens is 1. The van der Waals surface area contributed by atoms with Gasteiger partial charge >= 0.3 is 11.9 Å². The molecule has 202 valence electrons. The predicted molar refractivity (Wildman–Crippen MR) is 132 cm³/mol. The Morgan fingerprint density at radius 2 is 1.89 bits per heavy atom. The number of carbonyl (C=O) groups excluding carboxylic acids is 4. The van der Waals surface area contributed by atoms with Crippen molar-refractivity contribution in [3.05, 3.63) is 53.9 Å². The van der Waals surface area contributed by atoms with Crippen molar-refractivity contribution >= 4 is 35.5 Å². The number of ether oxygens (including phenoxy) is 4. The standard InChI is InChI=1S/C25H27N3O9S/c1-25(2,3)24(32)36-14-35-23(31)20-15(11-34-18-9-10-37-27-18)13-38-22-19(21(30)28(20)22)26-17(29)12-33-16-7-5-4-6-8-16/h4-10,19,22H,11-14H2,1-3H3,(H,26,29)/t19?,22-/m1/s1. The van der Waals surface area contributed by atoms with Gasteiger partial charge < -0.3 is 28.8 Å². The summed E-state index contributed by atoms with van der Waals surface area (Å²) in [7, 11) is 0. The van der Waals surface area contributed by atoms with E-state index in [0.717, 1.165) is 0 Å². The SMILES string of the molecule is CC(C)(C)C(=O)OCOC(=O)C1=C(COc2ccon2)CS[C@@H]2C(NC(=O)COc3ccccc3)C(=O)N12. The third-order valence-electron chi connectivity index (χ3n) is 5.47. The first-order chi connectivity index (χ1) is 18.1. The summed E-state index contributed by atoms with van der Waals surface area (Å²) in [6, 6.07) is 9.45. The summed E-state index contributed by atoms with van der Waals surface area (Å²) in [6.07, 6.45) is 1.34. The molecule has 2 amide bonds. The van der Waals surface area contributed by atoms with Crippen molar-refractivity contribution in [3.63, 3.8) is 0 Å². The molecule has 1 N–H and O–H groups in total. The number of benzene rings is 1. The van der Waals surface area contributed by atoms with Gasteiger partial charge in [0.05, 0.1) is 5.41 Å². The Morgan fingerprint density at radius 1 is 1.13 bits per heavy atom. The zero-order chi connectivity index (χ0) is 27.3. The van der Waals surface area contributed by atoms with Crippen molar-refractivity contribution < 1.29 is 42.6 Å². The number of fused-ring (bicyclic) bond motifs is 1. The lowest BCUT2D eigenvalue weighted by Crippen LogP contribution is -2.71. The van der Waals surface area contributed by atoms with Gasteiger partial charge in [0.1, 0.15) is 35.7 Å². The van der Waals surface area contributed by atoms with Gasteiger partial charge in [-0.3, -0.25) is 19.3 Å². The van der Waals surface area contributed by atoms with Crippen LogP contribution in [0.5, 0.6) is 11.6 Å². The summed E-state index contributed by atoms with van der Waals surface area (Å²) in [4.78, 5) is 51.8. The van der Waals surface area contributed by atoms with E-state index >= 15 is 0 Å². The van der Waals surface area contributed by atoms with E-state index in [0.29, 0.717) is 17.1 Å². The molecular formula is C25H27N3O9S. The molecule has 0 saturated carbocycles. The smallest absolute Gasteiger partial charge is 0.358 e. The van der Waals surface area contributed by atoms with E-state index in [2.05, 4.69) is 10.5 Å². The van der Waals surface area contributed by atoms with Crippen LogP contribution in [-0.4, -0.2) is 71.0 Å². The van der Waals surface area contributed by atoms with Crippen molar-refractivity contribution in [2.24, 2.45) is 5.41 Å². The molecule has 38 heavy (non-hydrogen) atoms. The van der Waals surface area contributed by atoms with Crippen LogP contribution in [0, 0.1) is 5.41 Å². The maximum absolute atomic E-state index is 13.1. The number of nitrogens with one attached hydrogen (secondary N) is 1. The molecule has 0 radical (unpaired) electrons. The molecule has 2 aromatic rings. The van der Waals surface area contributed by atoms with Crippen LogP contribution in [0.15, 0.2) is 58.5 Å². The highest BCUT2D eigenvalue weighted by Gasteiger charge is 2.54.